The van der Waals surface area contributed by atoms with Crippen LogP contribution in [0.1, 0.15) is 51.0 Å². The summed E-state index contributed by atoms with van der Waals surface area (Å²) >= 11 is 0. The summed E-state index contributed by atoms with van der Waals surface area (Å²) in [5.41, 5.74) is 4.95. The van der Waals surface area contributed by atoms with E-state index in [0.29, 0.717) is 11.8 Å². The number of para-hydroxylation sites is 1. The molecule has 0 saturated carbocycles. The Kier molecular flexibility index (Phi) is 4.66. The smallest absolute Gasteiger partial charge is 0.162 e. The van der Waals surface area contributed by atoms with E-state index >= 15 is 0 Å². The predicted octanol–water partition coefficient (Wildman–Crippen LogP) is 5.80. The minimum absolute atomic E-state index is 0.192. The summed E-state index contributed by atoms with van der Waals surface area (Å²) in [6.45, 7) is 4.66. The van der Waals surface area contributed by atoms with Gasteiger partial charge in [-0.25, -0.2) is 9.97 Å². The summed E-state index contributed by atoms with van der Waals surface area (Å²) in [6, 6.07) is 13.1. The molecule has 5 rings (SSSR count). The van der Waals surface area contributed by atoms with Crippen LogP contribution in [0.15, 0.2) is 61.3 Å². The molecule has 148 valence electrons. The molecule has 2 aliphatic heterocycles. The van der Waals surface area contributed by atoms with Crippen molar-refractivity contribution in [2.45, 2.75) is 51.6 Å². The minimum atomic E-state index is 0.192. The molecule has 2 aliphatic rings. The summed E-state index contributed by atoms with van der Waals surface area (Å²) in [4.78, 5) is 18.2. The van der Waals surface area contributed by atoms with Gasteiger partial charge in [0, 0.05) is 23.8 Å². The summed E-state index contributed by atoms with van der Waals surface area (Å²) in [7, 11) is 0. The van der Waals surface area contributed by atoms with Gasteiger partial charge < -0.3 is 9.80 Å². The average molecular weight is 386 g/mol. The topological polar surface area (TPSA) is 45.2 Å². The first kappa shape index (κ1) is 18.1. The molecular formula is C24H27N5. The maximum atomic E-state index is 4.74. The first-order valence-electron chi connectivity index (χ1n) is 10.7. The molecule has 3 aromatic rings. The first-order valence-corrected chi connectivity index (χ1v) is 10.7. The predicted molar refractivity (Wildman–Crippen MR) is 117 cm³/mol. The molecule has 3 unspecified atom stereocenters. The second-order valence-electron chi connectivity index (χ2n) is 7.98. The van der Waals surface area contributed by atoms with Crippen LogP contribution in [-0.4, -0.2) is 21.1 Å². The highest BCUT2D eigenvalue weighted by Gasteiger charge is 2.42. The van der Waals surface area contributed by atoms with Gasteiger partial charge in [-0.15, -0.1) is 0 Å². The number of aromatic nitrogens is 3. The van der Waals surface area contributed by atoms with E-state index in [9.17, 15) is 0 Å². The number of benzene rings is 1. The van der Waals surface area contributed by atoms with Crippen molar-refractivity contribution in [1.82, 2.24) is 15.0 Å². The fourth-order valence-electron chi connectivity index (χ4n) is 5.32. The molecular weight excluding hydrogens is 358 g/mol. The molecule has 0 bridgehead atoms. The fourth-order valence-corrected chi connectivity index (χ4v) is 5.32. The summed E-state index contributed by atoms with van der Waals surface area (Å²) in [5.74, 6) is 2.27. The van der Waals surface area contributed by atoms with Crippen LogP contribution in [0.4, 0.5) is 22.9 Å². The van der Waals surface area contributed by atoms with E-state index in [1.165, 1.54) is 30.5 Å². The van der Waals surface area contributed by atoms with Gasteiger partial charge in [0.25, 0.3) is 0 Å². The van der Waals surface area contributed by atoms with Gasteiger partial charge in [-0.3, -0.25) is 4.98 Å². The summed E-state index contributed by atoms with van der Waals surface area (Å²) in [6.07, 6.45) is 12.2. The lowest BCUT2D eigenvalue weighted by molar-refractivity contribution is 0.346. The molecule has 0 amide bonds. The van der Waals surface area contributed by atoms with Crippen molar-refractivity contribution in [3.8, 4) is 0 Å². The van der Waals surface area contributed by atoms with E-state index in [4.69, 9.17) is 4.98 Å². The average Bonchev–Trinajstić information content (AvgIpc) is 3.09. The fraction of sp³-hybridized carbons (Fsp3) is 0.375. The van der Waals surface area contributed by atoms with Crippen molar-refractivity contribution in [1.29, 1.82) is 0 Å². The third-order valence-corrected chi connectivity index (χ3v) is 6.62. The highest BCUT2D eigenvalue weighted by atomic mass is 15.4. The Morgan fingerprint density at radius 2 is 1.72 bits per heavy atom. The monoisotopic (exact) mass is 385 g/mol. The van der Waals surface area contributed by atoms with Crippen molar-refractivity contribution in [2.24, 2.45) is 5.92 Å². The maximum absolute atomic E-state index is 4.74. The highest BCUT2D eigenvalue weighted by Crippen LogP contribution is 2.52. The Bertz CT molecular complexity index is 989. The van der Waals surface area contributed by atoms with Crippen molar-refractivity contribution >= 4 is 22.9 Å². The first-order chi connectivity index (χ1) is 14.3. The van der Waals surface area contributed by atoms with Crippen LogP contribution >= 0.6 is 0 Å². The molecule has 0 saturated heterocycles. The molecule has 3 atom stereocenters. The number of nitrogens with zero attached hydrogens (tertiary/aromatic N) is 5. The van der Waals surface area contributed by atoms with Crippen LogP contribution in [0, 0.1) is 5.92 Å². The second-order valence-corrected chi connectivity index (χ2v) is 7.98. The van der Waals surface area contributed by atoms with E-state index in [1.807, 2.05) is 18.6 Å². The van der Waals surface area contributed by atoms with E-state index in [0.717, 1.165) is 23.6 Å². The van der Waals surface area contributed by atoms with Crippen LogP contribution in [0.2, 0.25) is 0 Å². The number of hydrogen-bond donors (Lipinski definition) is 0. The number of anilines is 4. The molecule has 29 heavy (non-hydrogen) atoms. The standard InChI is InChI=1S/C24H27N5/c1-3-17-9-10-23-28(18-11-13-25-14-12-18)22-15-26-16-27-24(22)29(23)21-8-6-5-7-20(21)19(17)4-2/h5-8,11-17,19,23H,3-4,9-10H2,1-2H3. The molecule has 2 aromatic heterocycles. The van der Waals surface area contributed by atoms with E-state index < -0.39 is 0 Å². The van der Waals surface area contributed by atoms with Gasteiger partial charge >= 0.3 is 0 Å². The van der Waals surface area contributed by atoms with Gasteiger partial charge in [-0.1, -0.05) is 38.5 Å². The minimum Gasteiger partial charge on any atom is -0.316 e. The van der Waals surface area contributed by atoms with Gasteiger partial charge in [0.15, 0.2) is 5.82 Å². The van der Waals surface area contributed by atoms with E-state index in [2.05, 4.69) is 70.0 Å². The Labute approximate surface area is 172 Å². The van der Waals surface area contributed by atoms with Crippen LogP contribution in [0.5, 0.6) is 0 Å². The zero-order chi connectivity index (χ0) is 19.8. The van der Waals surface area contributed by atoms with Crippen LogP contribution in [-0.2, 0) is 0 Å². The van der Waals surface area contributed by atoms with Gasteiger partial charge in [0.2, 0.25) is 0 Å². The van der Waals surface area contributed by atoms with Crippen LogP contribution in [0.3, 0.4) is 0 Å². The Morgan fingerprint density at radius 1 is 0.897 bits per heavy atom. The SMILES string of the molecule is CCC1CCC2N(c3ccncc3)c3cncnc3N2c2ccccc2C1CC. The lowest BCUT2D eigenvalue weighted by Gasteiger charge is -2.39. The number of rotatable bonds is 3. The third-order valence-electron chi connectivity index (χ3n) is 6.62. The van der Waals surface area contributed by atoms with E-state index in [1.54, 1.807) is 6.33 Å². The lowest BCUT2D eigenvalue weighted by atomic mass is 9.77. The Hall–Kier alpha value is -2.95. The number of pyridine rings is 1. The number of hydrogen-bond acceptors (Lipinski definition) is 5. The normalized spacial score (nSPS) is 23.0. The molecule has 5 heteroatoms. The van der Waals surface area contributed by atoms with Crippen molar-refractivity contribution in [3.05, 3.63) is 66.9 Å². The summed E-state index contributed by atoms with van der Waals surface area (Å²) in [5, 5.41) is 0. The second kappa shape index (κ2) is 7.47. The van der Waals surface area contributed by atoms with Gasteiger partial charge in [0.05, 0.1) is 6.20 Å². The van der Waals surface area contributed by atoms with Gasteiger partial charge in [-0.05, 0) is 54.9 Å². The molecule has 0 fully saturated rings. The van der Waals surface area contributed by atoms with Crippen molar-refractivity contribution < 1.29 is 0 Å². The highest BCUT2D eigenvalue weighted by molar-refractivity contribution is 5.86. The van der Waals surface area contributed by atoms with Gasteiger partial charge in [0.1, 0.15) is 18.2 Å². The molecule has 0 radical (unpaired) electrons. The lowest BCUT2D eigenvalue weighted by Crippen LogP contribution is -2.40. The molecule has 0 N–H and O–H groups in total. The molecule has 5 nitrogen and oxygen atoms in total. The molecule has 4 heterocycles. The van der Waals surface area contributed by atoms with E-state index in [-0.39, 0.29) is 6.17 Å². The Balaban J connectivity index is 1.72. The summed E-state index contributed by atoms with van der Waals surface area (Å²) < 4.78 is 0. The Morgan fingerprint density at radius 3 is 2.52 bits per heavy atom. The quantitative estimate of drug-likeness (QED) is 0.570. The number of fused-ring (bicyclic) bond motifs is 5. The zero-order valence-corrected chi connectivity index (χ0v) is 17.1. The molecule has 1 aromatic carbocycles. The maximum Gasteiger partial charge on any atom is 0.162 e. The van der Waals surface area contributed by atoms with Gasteiger partial charge in [-0.2, -0.15) is 0 Å². The van der Waals surface area contributed by atoms with Crippen molar-refractivity contribution in [2.75, 3.05) is 9.80 Å². The molecule has 0 spiro atoms. The van der Waals surface area contributed by atoms with Crippen LogP contribution in [0.25, 0.3) is 0 Å². The zero-order valence-electron chi connectivity index (χ0n) is 17.1. The van der Waals surface area contributed by atoms with Crippen molar-refractivity contribution in [3.63, 3.8) is 0 Å². The largest absolute Gasteiger partial charge is 0.316 e. The molecule has 0 aliphatic carbocycles. The third kappa shape index (κ3) is 2.87. The van der Waals surface area contributed by atoms with Crippen LogP contribution < -0.4 is 9.80 Å².